The molecule has 8 nitrogen and oxygen atoms in total. The van der Waals surface area contributed by atoms with Crippen LogP contribution >= 0.6 is 11.8 Å². The second-order valence-electron chi connectivity index (χ2n) is 10.8. The van der Waals surface area contributed by atoms with Crippen LogP contribution in [0, 0.1) is 5.92 Å². The Balaban J connectivity index is 0.921. The van der Waals surface area contributed by atoms with E-state index in [9.17, 15) is 5.11 Å². The molecule has 2 unspecified atom stereocenters. The molecule has 2 saturated heterocycles. The number of unbranched alkanes of at least 4 members (excludes halogenated alkanes) is 1. The van der Waals surface area contributed by atoms with Gasteiger partial charge in [-0.3, -0.25) is 15.0 Å². The molecule has 202 valence electrons. The molecule has 5 aliphatic rings. The number of aromatic hydroxyl groups is 1. The number of phenolic OH excluding ortho intramolecular Hbond substituents is 1. The zero-order chi connectivity index (χ0) is 26.3. The lowest BCUT2D eigenvalue weighted by Crippen LogP contribution is -2.32. The number of aliphatic imine (C=N–C) groups is 3. The molecule has 5 aliphatic heterocycles. The van der Waals surface area contributed by atoms with E-state index in [2.05, 4.69) is 28.1 Å². The number of benzene rings is 2. The SMILES string of the molecule is COc1cccc2c1[C@@H]1CN(CCCCN3C=NC4C(=C3)SC3=NCC(c5ccc(O)cc5)=NC34)C[C@@H]1CO2. The van der Waals surface area contributed by atoms with Crippen LogP contribution in [0.25, 0.3) is 0 Å². The summed E-state index contributed by atoms with van der Waals surface area (Å²) in [5, 5.41) is 10.7. The van der Waals surface area contributed by atoms with E-state index < -0.39 is 0 Å². The van der Waals surface area contributed by atoms with E-state index in [1.807, 2.05) is 24.5 Å². The van der Waals surface area contributed by atoms with E-state index >= 15 is 0 Å². The van der Waals surface area contributed by atoms with Crippen molar-refractivity contribution in [3.8, 4) is 17.2 Å². The molecule has 0 spiro atoms. The van der Waals surface area contributed by atoms with Gasteiger partial charge in [0.1, 0.15) is 29.3 Å². The van der Waals surface area contributed by atoms with Crippen LogP contribution in [0.3, 0.4) is 0 Å². The second-order valence-corrected chi connectivity index (χ2v) is 11.9. The number of thioether (sulfide) groups is 1. The summed E-state index contributed by atoms with van der Waals surface area (Å²) >= 11 is 1.73. The molecule has 7 rings (SSSR count). The van der Waals surface area contributed by atoms with Crippen molar-refractivity contribution in [2.45, 2.75) is 30.8 Å². The van der Waals surface area contributed by atoms with E-state index in [-0.39, 0.29) is 17.8 Å². The summed E-state index contributed by atoms with van der Waals surface area (Å²) < 4.78 is 11.7. The monoisotopic (exact) mass is 543 g/mol. The molecular formula is C30H33N5O3S. The molecule has 9 heteroatoms. The number of nitrogens with zero attached hydrogens (tertiary/aromatic N) is 5. The highest BCUT2D eigenvalue weighted by atomic mass is 32.2. The lowest BCUT2D eigenvalue weighted by atomic mass is 9.86. The molecule has 1 N–H and O–H groups in total. The summed E-state index contributed by atoms with van der Waals surface area (Å²) in [5.41, 5.74) is 3.22. The number of phenols is 1. The average molecular weight is 544 g/mol. The molecule has 39 heavy (non-hydrogen) atoms. The van der Waals surface area contributed by atoms with Crippen molar-refractivity contribution in [3.05, 3.63) is 64.7 Å². The van der Waals surface area contributed by atoms with Crippen molar-refractivity contribution < 1.29 is 14.6 Å². The third-order valence-electron chi connectivity index (χ3n) is 8.34. The Labute approximate surface area is 233 Å². The standard InChI is InChI=1S/C30H33N5O3S/c1-37-24-5-4-6-25-27(24)22-15-34(14-20(22)17-38-25)11-2-3-12-35-16-26-28(32-18-35)29-30(39-26)31-13-23(33-29)19-7-9-21(36)10-8-19/h4-10,16,18,20,22,28-29,36H,2-3,11-15,17H2,1H3/t20-,22-,28?,29?/m1/s1. The summed E-state index contributed by atoms with van der Waals surface area (Å²) in [7, 11) is 1.75. The Morgan fingerprint density at radius 2 is 1.95 bits per heavy atom. The van der Waals surface area contributed by atoms with E-state index in [0.717, 1.165) is 73.4 Å². The van der Waals surface area contributed by atoms with Crippen LogP contribution in [0.2, 0.25) is 0 Å². The van der Waals surface area contributed by atoms with Crippen molar-refractivity contribution in [3.63, 3.8) is 0 Å². The molecule has 0 bridgehead atoms. The van der Waals surface area contributed by atoms with Gasteiger partial charge in [0.2, 0.25) is 0 Å². The molecule has 2 aromatic rings. The minimum Gasteiger partial charge on any atom is -0.508 e. The zero-order valence-corrected chi connectivity index (χ0v) is 22.9. The number of hydrogen-bond acceptors (Lipinski definition) is 9. The van der Waals surface area contributed by atoms with Gasteiger partial charge in [-0.15, -0.1) is 0 Å². The number of rotatable bonds is 7. The lowest BCUT2D eigenvalue weighted by molar-refractivity contribution is 0.209. The number of likely N-dealkylation sites (tertiary alicyclic amines) is 1. The highest BCUT2D eigenvalue weighted by molar-refractivity contribution is 8.17. The number of methoxy groups -OCH3 is 1. The van der Waals surface area contributed by atoms with Crippen LogP contribution in [0.4, 0.5) is 0 Å². The summed E-state index contributed by atoms with van der Waals surface area (Å²) in [4.78, 5) is 20.8. The van der Waals surface area contributed by atoms with Crippen LogP contribution in [-0.2, 0) is 0 Å². The van der Waals surface area contributed by atoms with Crippen LogP contribution in [0.1, 0.15) is 29.9 Å². The third kappa shape index (κ3) is 4.72. The second kappa shape index (κ2) is 10.4. The zero-order valence-electron chi connectivity index (χ0n) is 22.1. The quantitative estimate of drug-likeness (QED) is 0.529. The molecule has 0 amide bonds. The fraction of sp³-hybridized carbons (Fsp3) is 0.433. The lowest BCUT2D eigenvalue weighted by Gasteiger charge is -2.29. The molecule has 0 radical (unpaired) electrons. The highest BCUT2D eigenvalue weighted by Gasteiger charge is 2.42. The van der Waals surface area contributed by atoms with Crippen molar-refractivity contribution >= 4 is 28.9 Å². The third-order valence-corrected chi connectivity index (χ3v) is 9.50. The highest BCUT2D eigenvalue weighted by Crippen LogP contribution is 2.46. The van der Waals surface area contributed by atoms with Crippen molar-refractivity contribution in [2.24, 2.45) is 20.9 Å². The Morgan fingerprint density at radius 1 is 1.08 bits per heavy atom. The van der Waals surface area contributed by atoms with Gasteiger partial charge in [0, 0.05) is 48.1 Å². The summed E-state index contributed by atoms with van der Waals surface area (Å²) in [6.45, 7) is 5.59. The molecule has 4 atom stereocenters. The van der Waals surface area contributed by atoms with Crippen molar-refractivity contribution in [2.75, 3.05) is 46.4 Å². The largest absolute Gasteiger partial charge is 0.508 e. The van der Waals surface area contributed by atoms with E-state index in [1.54, 1.807) is 31.0 Å². The summed E-state index contributed by atoms with van der Waals surface area (Å²) in [6.07, 6.45) is 6.48. The first-order chi connectivity index (χ1) is 19.2. The van der Waals surface area contributed by atoms with Crippen LogP contribution in [0.5, 0.6) is 17.2 Å². The Bertz CT molecular complexity index is 1360. The maximum atomic E-state index is 9.60. The van der Waals surface area contributed by atoms with Gasteiger partial charge < -0.3 is 24.4 Å². The van der Waals surface area contributed by atoms with E-state index in [4.69, 9.17) is 24.5 Å². The van der Waals surface area contributed by atoms with Crippen LogP contribution in [-0.4, -0.2) is 90.5 Å². The molecule has 2 aromatic carbocycles. The maximum Gasteiger partial charge on any atom is 0.126 e. The summed E-state index contributed by atoms with van der Waals surface area (Å²) in [6, 6.07) is 13.3. The summed E-state index contributed by atoms with van der Waals surface area (Å²) in [5.74, 6) is 3.23. The van der Waals surface area contributed by atoms with Gasteiger partial charge in [0.05, 0.1) is 37.4 Å². The minimum absolute atomic E-state index is 0.0208. The van der Waals surface area contributed by atoms with Gasteiger partial charge in [-0.2, -0.15) is 0 Å². The van der Waals surface area contributed by atoms with Gasteiger partial charge in [-0.05, 0) is 61.3 Å². The first-order valence-electron chi connectivity index (χ1n) is 13.8. The first-order valence-corrected chi connectivity index (χ1v) is 14.6. The molecule has 0 aromatic heterocycles. The smallest absolute Gasteiger partial charge is 0.126 e. The van der Waals surface area contributed by atoms with Gasteiger partial charge >= 0.3 is 0 Å². The number of hydrogen-bond donors (Lipinski definition) is 1. The maximum absolute atomic E-state index is 9.60. The minimum atomic E-state index is -0.0383. The molecule has 2 fully saturated rings. The van der Waals surface area contributed by atoms with Crippen molar-refractivity contribution in [1.29, 1.82) is 0 Å². The molecule has 5 heterocycles. The Kier molecular flexibility index (Phi) is 6.56. The predicted octanol–water partition coefficient (Wildman–Crippen LogP) is 4.16. The topological polar surface area (TPSA) is 82.2 Å². The normalized spacial score (nSPS) is 27.0. The van der Waals surface area contributed by atoms with Gasteiger partial charge in [-0.25, -0.2) is 0 Å². The van der Waals surface area contributed by atoms with Crippen LogP contribution < -0.4 is 9.47 Å². The molecule has 0 saturated carbocycles. The fourth-order valence-corrected chi connectivity index (χ4v) is 7.53. The first kappa shape index (κ1) is 24.7. The Morgan fingerprint density at radius 3 is 2.82 bits per heavy atom. The van der Waals surface area contributed by atoms with Gasteiger partial charge in [0.15, 0.2) is 0 Å². The average Bonchev–Trinajstić information content (AvgIpc) is 3.55. The van der Waals surface area contributed by atoms with Crippen molar-refractivity contribution in [1.82, 2.24) is 9.80 Å². The van der Waals surface area contributed by atoms with Crippen LogP contribution in [0.15, 0.2) is 68.5 Å². The molecular weight excluding hydrogens is 510 g/mol. The molecule has 0 aliphatic carbocycles. The van der Waals surface area contributed by atoms with Gasteiger partial charge in [-0.1, -0.05) is 17.8 Å². The van der Waals surface area contributed by atoms with E-state index in [0.29, 0.717) is 18.4 Å². The Hall–Kier alpha value is -3.30. The van der Waals surface area contributed by atoms with E-state index in [1.165, 1.54) is 10.5 Å². The number of ether oxygens (including phenoxy) is 2. The van der Waals surface area contributed by atoms with Gasteiger partial charge in [0.25, 0.3) is 0 Å². The predicted molar refractivity (Wildman–Crippen MR) is 156 cm³/mol. The number of fused-ring (bicyclic) bond motifs is 6. The fourth-order valence-electron chi connectivity index (χ4n) is 6.36.